The van der Waals surface area contributed by atoms with Crippen LogP contribution in [-0.4, -0.2) is 48.7 Å². The van der Waals surface area contributed by atoms with Crippen LogP contribution in [0, 0.1) is 11.3 Å². The number of nitrogens with zero attached hydrogens (tertiary/aromatic N) is 2. The number of aliphatic hydroxyl groups is 1. The zero-order valence-corrected chi connectivity index (χ0v) is 14.3. The van der Waals surface area contributed by atoms with Crippen LogP contribution < -0.4 is 5.32 Å². The van der Waals surface area contributed by atoms with E-state index in [1.165, 1.54) is 0 Å². The lowest BCUT2D eigenvalue weighted by Gasteiger charge is -2.41. The highest BCUT2D eigenvalue weighted by molar-refractivity contribution is 5.94. The van der Waals surface area contributed by atoms with Crippen LogP contribution >= 0.6 is 0 Å². The number of hydrogen-bond acceptors (Lipinski definition) is 4. The van der Waals surface area contributed by atoms with Crippen molar-refractivity contribution in [3.05, 3.63) is 59.7 Å². The highest BCUT2D eigenvalue weighted by atomic mass is 16.3. The molecule has 1 amide bonds. The van der Waals surface area contributed by atoms with Crippen LogP contribution in [0.15, 0.2) is 48.5 Å². The number of nitrogens with one attached hydrogen (secondary N) is 1. The van der Waals surface area contributed by atoms with E-state index in [4.69, 9.17) is 5.26 Å². The van der Waals surface area contributed by atoms with Gasteiger partial charge in [0.15, 0.2) is 0 Å². The first-order chi connectivity index (χ1) is 12.0. The molecule has 1 aliphatic heterocycles. The molecule has 2 aromatic carbocycles. The van der Waals surface area contributed by atoms with E-state index < -0.39 is 0 Å². The van der Waals surface area contributed by atoms with Gasteiger partial charge in [-0.05, 0) is 28.8 Å². The van der Waals surface area contributed by atoms with E-state index in [1.54, 1.807) is 19.0 Å². The largest absolute Gasteiger partial charge is 0.395 e. The van der Waals surface area contributed by atoms with Crippen LogP contribution in [-0.2, 0) is 0 Å². The molecule has 2 N–H and O–H groups in total. The maximum Gasteiger partial charge on any atom is 0.253 e. The Morgan fingerprint density at radius 3 is 2.16 bits per heavy atom. The molecule has 0 unspecified atom stereocenters. The highest BCUT2D eigenvalue weighted by Crippen LogP contribution is 2.33. The minimum atomic E-state index is -0.251. The fourth-order valence-corrected chi connectivity index (χ4v) is 3.22. The molecule has 2 aromatic rings. The predicted molar refractivity (Wildman–Crippen MR) is 96.0 cm³/mol. The van der Waals surface area contributed by atoms with Crippen LogP contribution in [0.1, 0.15) is 21.8 Å². The van der Waals surface area contributed by atoms with E-state index in [-0.39, 0.29) is 30.5 Å². The third kappa shape index (κ3) is 3.27. The summed E-state index contributed by atoms with van der Waals surface area (Å²) >= 11 is 0. The van der Waals surface area contributed by atoms with Crippen LogP contribution in [0.2, 0.25) is 0 Å². The summed E-state index contributed by atoms with van der Waals surface area (Å²) < 4.78 is 0. The van der Waals surface area contributed by atoms with Gasteiger partial charge in [-0.15, -0.1) is 0 Å². The third-order valence-corrected chi connectivity index (χ3v) is 4.69. The van der Waals surface area contributed by atoms with Gasteiger partial charge in [0.25, 0.3) is 5.91 Å². The Kier molecular flexibility index (Phi) is 4.84. The Labute approximate surface area is 147 Å². The Bertz CT molecular complexity index is 791. The first kappa shape index (κ1) is 17.2. The highest BCUT2D eigenvalue weighted by Gasteiger charge is 2.41. The van der Waals surface area contributed by atoms with E-state index in [0.717, 1.165) is 16.7 Å². The molecule has 5 heteroatoms. The molecule has 0 bridgehead atoms. The molecule has 1 heterocycles. The van der Waals surface area contributed by atoms with E-state index >= 15 is 0 Å². The molecular formula is C20H21N3O2. The molecule has 0 aromatic heterocycles. The lowest BCUT2D eigenvalue weighted by atomic mass is 9.78. The Hall–Kier alpha value is -2.68. The molecule has 0 aliphatic carbocycles. The van der Waals surface area contributed by atoms with Crippen molar-refractivity contribution in [3.63, 3.8) is 0 Å². The minimum absolute atomic E-state index is 0.0167. The van der Waals surface area contributed by atoms with Crippen molar-refractivity contribution in [2.24, 2.45) is 0 Å². The second-order valence-corrected chi connectivity index (χ2v) is 6.49. The van der Waals surface area contributed by atoms with Gasteiger partial charge in [-0.1, -0.05) is 36.4 Å². The molecule has 5 nitrogen and oxygen atoms in total. The van der Waals surface area contributed by atoms with Crippen molar-refractivity contribution in [3.8, 4) is 17.2 Å². The molecule has 0 radical (unpaired) electrons. The minimum Gasteiger partial charge on any atom is -0.395 e. The normalized spacial score (nSPS) is 21.9. The van der Waals surface area contributed by atoms with Gasteiger partial charge in [0.2, 0.25) is 0 Å². The van der Waals surface area contributed by atoms with Crippen molar-refractivity contribution in [2.45, 2.75) is 18.0 Å². The van der Waals surface area contributed by atoms with Gasteiger partial charge < -0.3 is 10.0 Å². The molecule has 1 aliphatic rings. The Morgan fingerprint density at radius 2 is 1.68 bits per heavy atom. The lowest BCUT2D eigenvalue weighted by molar-refractivity contribution is 0.0827. The van der Waals surface area contributed by atoms with Gasteiger partial charge in [-0.3, -0.25) is 10.1 Å². The number of hydrogen-bond donors (Lipinski definition) is 2. The van der Waals surface area contributed by atoms with Crippen molar-refractivity contribution >= 4 is 5.91 Å². The summed E-state index contributed by atoms with van der Waals surface area (Å²) in [5.74, 6) is 0.00103. The van der Waals surface area contributed by atoms with Gasteiger partial charge >= 0.3 is 0 Å². The molecule has 128 valence electrons. The molecule has 1 saturated heterocycles. The zero-order chi connectivity index (χ0) is 18.0. The molecule has 0 saturated carbocycles. The zero-order valence-electron chi connectivity index (χ0n) is 14.3. The van der Waals surface area contributed by atoms with Gasteiger partial charge in [0.05, 0.1) is 12.7 Å². The molecule has 3 rings (SSSR count). The second-order valence-electron chi connectivity index (χ2n) is 6.49. The molecule has 0 spiro atoms. The van der Waals surface area contributed by atoms with Gasteiger partial charge in [0.1, 0.15) is 6.04 Å². The number of carbonyl (C=O) groups excluding carboxylic acids is 1. The predicted octanol–water partition coefficient (Wildman–Crippen LogP) is 2.00. The van der Waals surface area contributed by atoms with Gasteiger partial charge in [-0.25, -0.2) is 0 Å². The lowest BCUT2D eigenvalue weighted by Crippen LogP contribution is -2.60. The van der Waals surface area contributed by atoms with E-state index in [0.29, 0.717) is 5.56 Å². The summed E-state index contributed by atoms with van der Waals surface area (Å²) in [4.78, 5) is 13.5. The average Bonchev–Trinajstić information content (AvgIpc) is 2.62. The van der Waals surface area contributed by atoms with Crippen molar-refractivity contribution in [2.75, 3.05) is 20.7 Å². The number of rotatable bonds is 4. The monoisotopic (exact) mass is 335 g/mol. The number of amides is 1. The van der Waals surface area contributed by atoms with Gasteiger partial charge in [-0.2, -0.15) is 5.26 Å². The third-order valence-electron chi connectivity index (χ3n) is 4.69. The maximum atomic E-state index is 11.9. The molecule has 25 heavy (non-hydrogen) atoms. The Balaban J connectivity index is 1.79. The van der Waals surface area contributed by atoms with E-state index in [9.17, 15) is 9.90 Å². The second kappa shape index (κ2) is 7.06. The summed E-state index contributed by atoms with van der Waals surface area (Å²) in [7, 11) is 3.47. The number of aliphatic hydroxyl groups excluding tert-OH is 1. The quantitative estimate of drug-likeness (QED) is 0.896. The fraction of sp³-hybridized carbons (Fsp3) is 0.300. The smallest absolute Gasteiger partial charge is 0.253 e. The van der Waals surface area contributed by atoms with Crippen molar-refractivity contribution < 1.29 is 9.90 Å². The maximum absolute atomic E-state index is 11.9. The number of nitriles is 1. The SMILES string of the molecule is CN(C)C(=O)c1ccc(-c2ccc([C@@H]3[C@H](C#N)N[C@H]3CO)cc2)cc1. The van der Waals surface area contributed by atoms with Crippen molar-refractivity contribution in [1.29, 1.82) is 5.26 Å². The summed E-state index contributed by atoms with van der Waals surface area (Å²) in [6.07, 6.45) is 0. The fourth-order valence-electron chi connectivity index (χ4n) is 3.22. The van der Waals surface area contributed by atoms with Crippen molar-refractivity contribution in [1.82, 2.24) is 10.2 Å². The topological polar surface area (TPSA) is 76.4 Å². The summed E-state index contributed by atoms with van der Waals surface area (Å²) in [6.45, 7) is 0.0198. The van der Waals surface area contributed by atoms with E-state index in [1.807, 2.05) is 48.5 Å². The number of benzene rings is 2. The average molecular weight is 335 g/mol. The van der Waals surface area contributed by atoms with Crippen LogP contribution in [0.5, 0.6) is 0 Å². The summed E-state index contributed by atoms with van der Waals surface area (Å²) in [5.41, 5.74) is 3.79. The first-order valence-corrected chi connectivity index (χ1v) is 8.23. The van der Waals surface area contributed by atoms with Crippen LogP contribution in [0.4, 0.5) is 0 Å². The summed E-state index contributed by atoms with van der Waals surface area (Å²) in [6, 6.07) is 17.5. The van der Waals surface area contributed by atoms with Crippen LogP contribution in [0.3, 0.4) is 0 Å². The van der Waals surface area contributed by atoms with Gasteiger partial charge in [0, 0.05) is 31.6 Å². The number of carbonyl (C=O) groups is 1. The molecule has 1 fully saturated rings. The standard InChI is InChI=1S/C20H21N3O2/c1-23(2)20(25)16-9-5-14(6-10-16)13-3-7-15(8-4-13)19-17(11-21)22-18(19)12-24/h3-10,17-19,22,24H,12H2,1-2H3/t17-,18-,19+/m0/s1. The first-order valence-electron chi connectivity index (χ1n) is 8.23. The van der Waals surface area contributed by atoms with E-state index in [2.05, 4.69) is 11.4 Å². The molecule has 3 atom stereocenters. The van der Waals surface area contributed by atoms with Crippen LogP contribution in [0.25, 0.3) is 11.1 Å². The molecular weight excluding hydrogens is 314 g/mol. The Morgan fingerprint density at radius 1 is 1.12 bits per heavy atom. The summed E-state index contributed by atoms with van der Waals surface area (Å²) in [5, 5.41) is 21.6.